The van der Waals surface area contributed by atoms with Gasteiger partial charge in [0.05, 0.1) is 0 Å². The highest BCUT2D eigenvalue weighted by Gasteiger charge is 2.11. The van der Waals surface area contributed by atoms with Crippen LogP contribution in [0.1, 0.15) is 11.3 Å². The average Bonchev–Trinajstić information content (AvgIpc) is 2.54. The van der Waals surface area contributed by atoms with Gasteiger partial charge in [-0.2, -0.15) is 0 Å². The predicted molar refractivity (Wildman–Crippen MR) is 72.2 cm³/mol. The molecule has 2 nitrogen and oxygen atoms in total. The van der Waals surface area contributed by atoms with Gasteiger partial charge in [-0.15, -0.1) is 11.8 Å². The van der Waals surface area contributed by atoms with Crippen LogP contribution in [0, 0.1) is 6.92 Å². The zero-order valence-electron chi connectivity index (χ0n) is 10.1. The number of hydrogen-bond donors (Lipinski definition) is 1. The van der Waals surface area contributed by atoms with Gasteiger partial charge in [-0.05, 0) is 49.9 Å². The summed E-state index contributed by atoms with van der Waals surface area (Å²) in [6.45, 7) is 2.88. The van der Waals surface area contributed by atoms with Crippen molar-refractivity contribution < 1.29 is 0 Å². The number of aromatic nitrogens is 1. The fourth-order valence-electron chi connectivity index (χ4n) is 2.21. The van der Waals surface area contributed by atoms with Gasteiger partial charge in [-0.3, -0.25) is 0 Å². The van der Waals surface area contributed by atoms with Gasteiger partial charge < -0.3 is 10.3 Å². The van der Waals surface area contributed by atoms with Crippen molar-refractivity contribution in [2.45, 2.75) is 18.2 Å². The van der Waals surface area contributed by atoms with Crippen LogP contribution in [0.25, 0.3) is 10.9 Å². The van der Waals surface area contributed by atoms with Crippen molar-refractivity contribution in [2.75, 3.05) is 12.8 Å². The first-order valence-corrected chi connectivity index (χ1v) is 6.73. The highest BCUT2D eigenvalue weighted by Crippen LogP contribution is 2.28. The molecule has 3 heteroatoms. The minimum Gasteiger partial charge on any atom is -0.348 e. The predicted octanol–water partition coefficient (Wildman–Crippen LogP) is 2.71. The molecule has 86 valence electrons. The SMILES string of the molecule is CSc1ccc2c(c1)c(CCN)c(C)n2C. The largest absolute Gasteiger partial charge is 0.348 e. The van der Waals surface area contributed by atoms with Gasteiger partial charge in [0, 0.05) is 28.5 Å². The number of fused-ring (bicyclic) bond motifs is 1. The summed E-state index contributed by atoms with van der Waals surface area (Å²) in [6, 6.07) is 6.66. The van der Waals surface area contributed by atoms with E-state index in [-0.39, 0.29) is 0 Å². The lowest BCUT2D eigenvalue weighted by atomic mass is 10.1. The Bertz CT molecular complexity index is 514. The summed E-state index contributed by atoms with van der Waals surface area (Å²) in [6.07, 6.45) is 3.07. The van der Waals surface area contributed by atoms with E-state index in [9.17, 15) is 0 Å². The topological polar surface area (TPSA) is 30.9 Å². The maximum atomic E-state index is 5.69. The molecule has 1 aromatic heterocycles. The maximum Gasteiger partial charge on any atom is 0.0483 e. The molecule has 1 heterocycles. The number of thioether (sulfide) groups is 1. The normalized spacial score (nSPS) is 11.2. The van der Waals surface area contributed by atoms with Crippen molar-refractivity contribution in [1.82, 2.24) is 4.57 Å². The molecule has 0 unspecified atom stereocenters. The zero-order chi connectivity index (χ0) is 11.7. The Hall–Kier alpha value is -0.930. The molecule has 0 saturated carbocycles. The summed E-state index contributed by atoms with van der Waals surface area (Å²) in [5.41, 5.74) is 9.72. The van der Waals surface area contributed by atoms with Crippen LogP contribution in [0.2, 0.25) is 0 Å². The molecule has 0 spiro atoms. The molecule has 0 saturated heterocycles. The van der Waals surface area contributed by atoms with Gasteiger partial charge >= 0.3 is 0 Å². The summed E-state index contributed by atoms with van der Waals surface area (Å²) in [5.74, 6) is 0. The first-order valence-electron chi connectivity index (χ1n) is 5.51. The number of benzene rings is 1. The summed E-state index contributed by atoms with van der Waals surface area (Å²) in [7, 11) is 2.12. The van der Waals surface area contributed by atoms with Crippen LogP contribution >= 0.6 is 11.8 Å². The molecular formula is C13H18N2S. The molecule has 0 radical (unpaired) electrons. The molecule has 16 heavy (non-hydrogen) atoms. The van der Waals surface area contributed by atoms with Crippen LogP contribution in [0.15, 0.2) is 23.1 Å². The van der Waals surface area contributed by atoms with E-state index >= 15 is 0 Å². The summed E-state index contributed by atoms with van der Waals surface area (Å²) >= 11 is 1.79. The van der Waals surface area contributed by atoms with E-state index in [1.165, 1.54) is 27.1 Å². The fraction of sp³-hybridized carbons (Fsp3) is 0.385. The third kappa shape index (κ3) is 1.74. The number of hydrogen-bond acceptors (Lipinski definition) is 2. The minimum atomic E-state index is 0.712. The van der Waals surface area contributed by atoms with Gasteiger partial charge in [0.15, 0.2) is 0 Å². The van der Waals surface area contributed by atoms with Crippen LogP contribution in [0.5, 0.6) is 0 Å². The molecule has 0 aliphatic rings. The number of nitrogens with two attached hydrogens (primary N) is 1. The fourth-order valence-corrected chi connectivity index (χ4v) is 2.65. The average molecular weight is 234 g/mol. The summed E-state index contributed by atoms with van der Waals surface area (Å²) in [4.78, 5) is 1.32. The standard InChI is InChI=1S/C13H18N2S/c1-9-11(6-7-14)12-8-10(16-3)4-5-13(12)15(9)2/h4-5,8H,6-7,14H2,1-3H3. The van der Waals surface area contributed by atoms with Crippen LogP contribution in [-0.2, 0) is 13.5 Å². The van der Waals surface area contributed by atoms with Gasteiger partial charge in [0.25, 0.3) is 0 Å². The number of nitrogens with zero attached hydrogens (tertiary/aromatic N) is 1. The first-order chi connectivity index (χ1) is 7.69. The Morgan fingerprint density at radius 2 is 2.12 bits per heavy atom. The van der Waals surface area contributed by atoms with E-state index in [2.05, 4.69) is 43.0 Å². The molecule has 0 bridgehead atoms. The second-order valence-corrected chi connectivity index (χ2v) is 4.92. The summed E-state index contributed by atoms with van der Waals surface area (Å²) in [5, 5.41) is 1.36. The molecular weight excluding hydrogens is 216 g/mol. The molecule has 2 aromatic rings. The minimum absolute atomic E-state index is 0.712. The van der Waals surface area contributed by atoms with Gasteiger partial charge in [0.2, 0.25) is 0 Å². The van der Waals surface area contributed by atoms with Crippen LogP contribution in [0.3, 0.4) is 0 Å². The van der Waals surface area contributed by atoms with E-state index < -0.39 is 0 Å². The Morgan fingerprint density at radius 1 is 1.38 bits per heavy atom. The van der Waals surface area contributed by atoms with E-state index in [0.29, 0.717) is 6.54 Å². The van der Waals surface area contributed by atoms with Gasteiger partial charge in [-0.1, -0.05) is 0 Å². The second-order valence-electron chi connectivity index (χ2n) is 4.04. The van der Waals surface area contributed by atoms with E-state index in [4.69, 9.17) is 5.73 Å². The molecule has 2 N–H and O–H groups in total. The molecule has 0 atom stereocenters. The lowest BCUT2D eigenvalue weighted by Gasteiger charge is -2.00. The van der Waals surface area contributed by atoms with Crippen molar-refractivity contribution in [2.24, 2.45) is 12.8 Å². The van der Waals surface area contributed by atoms with E-state index in [1.807, 2.05) is 0 Å². The second kappa shape index (κ2) is 4.52. The van der Waals surface area contributed by atoms with Crippen LogP contribution in [-0.4, -0.2) is 17.4 Å². The van der Waals surface area contributed by atoms with Crippen molar-refractivity contribution in [3.8, 4) is 0 Å². The van der Waals surface area contributed by atoms with Crippen molar-refractivity contribution in [1.29, 1.82) is 0 Å². The Kier molecular flexibility index (Phi) is 3.26. The maximum absolute atomic E-state index is 5.69. The summed E-state index contributed by atoms with van der Waals surface area (Å²) < 4.78 is 2.25. The number of rotatable bonds is 3. The highest BCUT2D eigenvalue weighted by molar-refractivity contribution is 7.98. The Balaban J connectivity index is 2.70. The van der Waals surface area contributed by atoms with E-state index in [1.54, 1.807) is 11.8 Å². The molecule has 0 amide bonds. The lowest BCUT2D eigenvalue weighted by molar-refractivity contribution is 0.882. The molecule has 0 aliphatic carbocycles. The number of aryl methyl sites for hydroxylation is 1. The van der Waals surface area contributed by atoms with Crippen molar-refractivity contribution in [3.05, 3.63) is 29.5 Å². The quantitative estimate of drug-likeness (QED) is 0.828. The molecule has 1 aromatic carbocycles. The third-order valence-electron chi connectivity index (χ3n) is 3.22. The van der Waals surface area contributed by atoms with E-state index in [0.717, 1.165) is 6.42 Å². The zero-order valence-corrected chi connectivity index (χ0v) is 10.9. The van der Waals surface area contributed by atoms with Crippen LogP contribution in [0.4, 0.5) is 0 Å². The molecule has 2 rings (SSSR count). The Morgan fingerprint density at radius 3 is 2.75 bits per heavy atom. The van der Waals surface area contributed by atoms with Gasteiger partial charge in [-0.25, -0.2) is 0 Å². The monoisotopic (exact) mass is 234 g/mol. The van der Waals surface area contributed by atoms with Crippen molar-refractivity contribution in [3.63, 3.8) is 0 Å². The molecule has 0 aliphatic heterocycles. The third-order valence-corrected chi connectivity index (χ3v) is 3.95. The van der Waals surface area contributed by atoms with Crippen molar-refractivity contribution >= 4 is 22.7 Å². The lowest BCUT2D eigenvalue weighted by Crippen LogP contribution is -2.04. The van der Waals surface area contributed by atoms with Gasteiger partial charge in [0.1, 0.15) is 0 Å². The smallest absolute Gasteiger partial charge is 0.0483 e. The highest BCUT2D eigenvalue weighted by atomic mass is 32.2. The first kappa shape index (κ1) is 11.6. The van der Waals surface area contributed by atoms with Crippen LogP contribution < -0.4 is 5.73 Å². The molecule has 0 fully saturated rings. The Labute approximate surface area is 101 Å².